The summed E-state index contributed by atoms with van der Waals surface area (Å²) in [5.74, 6) is 1.79. The van der Waals surface area contributed by atoms with Crippen LogP contribution >= 0.6 is 15.9 Å². The number of ether oxygens (including phenoxy) is 1. The molecule has 0 spiro atoms. The quantitative estimate of drug-likeness (QED) is 0.562. The van der Waals surface area contributed by atoms with E-state index >= 15 is 0 Å². The SMILES string of the molecule is CC1CCC(NC(=O)COC(=O)C23C[C@@H]4C[C@@H](CC(Br)(C4)C2)C3)CC1. The number of carbonyl (C=O) groups is 2. The van der Waals surface area contributed by atoms with Crippen LogP contribution in [0.4, 0.5) is 0 Å². The number of halogens is 1. The molecule has 5 rings (SSSR count). The van der Waals surface area contributed by atoms with Gasteiger partial charge in [0.25, 0.3) is 5.91 Å². The largest absolute Gasteiger partial charge is 0.455 e. The lowest BCUT2D eigenvalue weighted by Crippen LogP contribution is -2.56. The van der Waals surface area contributed by atoms with Crippen LogP contribution in [0.5, 0.6) is 0 Å². The van der Waals surface area contributed by atoms with Gasteiger partial charge in [0, 0.05) is 10.4 Å². The van der Waals surface area contributed by atoms with Crippen molar-refractivity contribution in [3.63, 3.8) is 0 Å². The molecule has 5 saturated carbocycles. The van der Waals surface area contributed by atoms with E-state index in [-0.39, 0.29) is 34.3 Å². The minimum Gasteiger partial charge on any atom is -0.455 e. The van der Waals surface area contributed by atoms with Crippen molar-refractivity contribution >= 4 is 27.8 Å². The number of nitrogens with one attached hydrogen (secondary N) is 1. The van der Waals surface area contributed by atoms with Gasteiger partial charge in [0.15, 0.2) is 6.61 Å². The van der Waals surface area contributed by atoms with Gasteiger partial charge in [-0.2, -0.15) is 0 Å². The fourth-order valence-corrected chi connectivity index (χ4v) is 7.80. The Morgan fingerprint density at radius 2 is 1.72 bits per heavy atom. The Balaban J connectivity index is 1.30. The van der Waals surface area contributed by atoms with E-state index in [1.807, 2.05) is 0 Å². The van der Waals surface area contributed by atoms with E-state index in [1.165, 1.54) is 32.1 Å². The van der Waals surface area contributed by atoms with E-state index in [2.05, 4.69) is 28.2 Å². The van der Waals surface area contributed by atoms with Gasteiger partial charge in [-0.1, -0.05) is 22.9 Å². The highest BCUT2D eigenvalue weighted by Gasteiger charge is 2.60. The van der Waals surface area contributed by atoms with E-state index in [0.717, 1.165) is 38.0 Å². The molecule has 5 aliphatic carbocycles. The predicted octanol–water partition coefficient (Wildman–Crippen LogP) is 3.96. The highest BCUT2D eigenvalue weighted by molar-refractivity contribution is 9.10. The highest BCUT2D eigenvalue weighted by Crippen LogP contribution is 2.64. The summed E-state index contributed by atoms with van der Waals surface area (Å²) >= 11 is 3.92. The molecule has 0 aromatic heterocycles. The van der Waals surface area contributed by atoms with Crippen LogP contribution in [0.3, 0.4) is 0 Å². The van der Waals surface area contributed by atoms with Crippen LogP contribution < -0.4 is 5.32 Å². The zero-order valence-corrected chi connectivity index (χ0v) is 16.8. The molecule has 0 aliphatic heterocycles. The second-order valence-electron chi connectivity index (χ2n) is 9.49. The average molecular weight is 412 g/mol. The van der Waals surface area contributed by atoms with Gasteiger partial charge in [-0.25, -0.2) is 0 Å². The first-order valence-corrected chi connectivity index (χ1v) is 10.8. The lowest BCUT2D eigenvalue weighted by Gasteiger charge is -2.58. The maximum absolute atomic E-state index is 12.9. The molecule has 0 heterocycles. The number of esters is 1. The van der Waals surface area contributed by atoms with Crippen LogP contribution in [-0.2, 0) is 14.3 Å². The minimum absolute atomic E-state index is 0.114. The van der Waals surface area contributed by atoms with Gasteiger partial charge >= 0.3 is 5.97 Å². The Labute approximate surface area is 159 Å². The van der Waals surface area contributed by atoms with Crippen molar-refractivity contribution < 1.29 is 14.3 Å². The highest BCUT2D eigenvalue weighted by atomic mass is 79.9. The van der Waals surface area contributed by atoms with Gasteiger partial charge in [-0.3, -0.25) is 9.59 Å². The summed E-state index contributed by atoms with van der Waals surface area (Å²) in [6.07, 6.45) is 10.9. The molecule has 5 heteroatoms. The second kappa shape index (κ2) is 6.54. The van der Waals surface area contributed by atoms with E-state index < -0.39 is 0 Å². The molecule has 5 fully saturated rings. The van der Waals surface area contributed by atoms with E-state index in [9.17, 15) is 9.59 Å². The smallest absolute Gasteiger partial charge is 0.312 e. The fourth-order valence-electron chi connectivity index (χ4n) is 6.35. The summed E-state index contributed by atoms with van der Waals surface area (Å²) in [6.45, 7) is 2.15. The van der Waals surface area contributed by atoms with Crippen molar-refractivity contribution in [2.24, 2.45) is 23.2 Å². The molecule has 25 heavy (non-hydrogen) atoms. The molecule has 4 atom stereocenters. The van der Waals surface area contributed by atoms with Gasteiger partial charge in [0.05, 0.1) is 5.41 Å². The third-order valence-electron chi connectivity index (χ3n) is 7.14. The zero-order valence-electron chi connectivity index (χ0n) is 15.2. The first kappa shape index (κ1) is 17.8. The number of alkyl halides is 1. The van der Waals surface area contributed by atoms with Crippen molar-refractivity contribution in [1.29, 1.82) is 0 Å². The van der Waals surface area contributed by atoms with Crippen LogP contribution in [0.25, 0.3) is 0 Å². The Kier molecular flexibility index (Phi) is 4.66. The lowest BCUT2D eigenvalue weighted by molar-refractivity contribution is -0.171. The van der Waals surface area contributed by atoms with Crippen molar-refractivity contribution in [3.8, 4) is 0 Å². The van der Waals surface area contributed by atoms with Gasteiger partial charge < -0.3 is 10.1 Å². The molecule has 0 saturated heterocycles. The van der Waals surface area contributed by atoms with E-state index in [4.69, 9.17) is 4.74 Å². The average Bonchev–Trinajstić information content (AvgIpc) is 2.52. The van der Waals surface area contributed by atoms with Crippen LogP contribution in [-0.4, -0.2) is 28.8 Å². The molecular weight excluding hydrogens is 382 g/mol. The number of carbonyl (C=O) groups excluding carboxylic acids is 2. The Morgan fingerprint density at radius 1 is 1.08 bits per heavy atom. The van der Waals surface area contributed by atoms with E-state index in [1.54, 1.807) is 0 Å². The topological polar surface area (TPSA) is 55.4 Å². The third kappa shape index (κ3) is 3.63. The molecule has 140 valence electrons. The maximum atomic E-state index is 12.9. The van der Waals surface area contributed by atoms with Crippen molar-refractivity contribution in [3.05, 3.63) is 0 Å². The minimum atomic E-state index is -0.339. The van der Waals surface area contributed by atoms with Crippen LogP contribution in [0.2, 0.25) is 0 Å². The van der Waals surface area contributed by atoms with Gasteiger partial charge in [0.1, 0.15) is 0 Å². The van der Waals surface area contributed by atoms with E-state index in [0.29, 0.717) is 11.8 Å². The molecule has 1 amide bonds. The normalized spacial score (nSPS) is 45.2. The third-order valence-corrected chi connectivity index (χ3v) is 8.07. The summed E-state index contributed by atoms with van der Waals surface area (Å²) in [4.78, 5) is 25.0. The van der Waals surface area contributed by atoms with Crippen molar-refractivity contribution in [1.82, 2.24) is 5.32 Å². The molecule has 0 aromatic carbocycles. The lowest BCUT2D eigenvalue weighted by atomic mass is 9.49. The monoisotopic (exact) mass is 411 g/mol. The standard InChI is InChI=1S/C20H30BrNO3/c1-13-2-4-16(5-3-13)22-17(23)11-25-18(24)19-7-14-6-15(8-19)10-20(21,9-14)12-19/h13-16H,2-12H2,1H3,(H,22,23)/t13?,14-,15+,16?,19?,20?. The van der Waals surface area contributed by atoms with Crippen LogP contribution in [0.15, 0.2) is 0 Å². The van der Waals surface area contributed by atoms with Gasteiger partial charge in [-0.05, 0) is 82.0 Å². The first-order valence-electron chi connectivity index (χ1n) is 10.0. The molecule has 5 aliphatic rings. The maximum Gasteiger partial charge on any atom is 0.312 e. The number of hydrogen-bond donors (Lipinski definition) is 1. The molecule has 1 N–H and O–H groups in total. The van der Waals surface area contributed by atoms with Gasteiger partial charge in [-0.15, -0.1) is 0 Å². The van der Waals surface area contributed by atoms with Crippen LogP contribution in [0, 0.1) is 23.2 Å². The molecule has 4 bridgehead atoms. The fraction of sp³-hybridized carbons (Fsp3) is 0.900. The zero-order chi connectivity index (χ0) is 17.7. The summed E-state index contributed by atoms with van der Waals surface area (Å²) in [5.41, 5.74) is -0.339. The molecule has 0 radical (unpaired) electrons. The number of hydrogen-bond acceptors (Lipinski definition) is 3. The van der Waals surface area contributed by atoms with Crippen molar-refractivity contribution in [2.45, 2.75) is 81.5 Å². The first-order chi connectivity index (χ1) is 11.9. The molecule has 2 unspecified atom stereocenters. The number of rotatable bonds is 4. The summed E-state index contributed by atoms with van der Waals surface area (Å²) in [6, 6.07) is 0.257. The summed E-state index contributed by atoms with van der Waals surface area (Å²) in [7, 11) is 0. The Morgan fingerprint density at radius 3 is 2.32 bits per heavy atom. The summed E-state index contributed by atoms with van der Waals surface area (Å²) < 4.78 is 5.66. The summed E-state index contributed by atoms with van der Waals surface area (Å²) in [5, 5.41) is 3.05. The molecule has 0 aromatic rings. The molecule has 4 nitrogen and oxygen atoms in total. The van der Waals surface area contributed by atoms with Gasteiger partial charge in [0.2, 0.25) is 0 Å². The van der Waals surface area contributed by atoms with Crippen LogP contribution in [0.1, 0.15) is 71.1 Å². The molecular formula is C20H30BrNO3. The predicted molar refractivity (Wildman–Crippen MR) is 99.3 cm³/mol. The number of amides is 1. The van der Waals surface area contributed by atoms with Crippen molar-refractivity contribution in [2.75, 3.05) is 6.61 Å². The second-order valence-corrected chi connectivity index (χ2v) is 11.2. The Hall–Kier alpha value is -0.580. The Bertz CT molecular complexity index is 541.